The third kappa shape index (κ3) is 3.87. The predicted molar refractivity (Wildman–Crippen MR) is 115 cm³/mol. The second-order valence-electron chi connectivity index (χ2n) is 6.80. The first-order valence-corrected chi connectivity index (χ1v) is 9.80. The third-order valence-electron chi connectivity index (χ3n) is 4.84. The number of aromatic amines is 1. The summed E-state index contributed by atoms with van der Waals surface area (Å²) in [5.41, 5.74) is 4.63. The van der Waals surface area contributed by atoms with Gasteiger partial charge in [0.2, 0.25) is 5.95 Å². The second kappa shape index (κ2) is 7.69. The van der Waals surface area contributed by atoms with Crippen LogP contribution in [0.1, 0.15) is 0 Å². The van der Waals surface area contributed by atoms with Crippen molar-refractivity contribution in [3.05, 3.63) is 59.9 Å². The van der Waals surface area contributed by atoms with Crippen LogP contribution in [0.15, 0.2) is 54.9 Å². The lowest BCUT2D eigenvalue weighted by Crippen LogP contribution is -2.37. The van der Waals surface area contributed by atoms with Crippen LogP contribution in [-0.4, -0.2) is 46.2 Å². The molecule has 0 aliphatic carbocycles. The highest BCUT2D eigenvalue weighted by Crippen LogP contribution is 2.27. The fourth-order valence-electron chi connectivity index (χ4n) is 3.32. The number of anilines is 3. The standard InChI is InChI=1S/C21H19ClN6O/c22-15-2-4-16(5-3-15)25-20-12-18(14-1-6-17-19(11-14)24-13-23-17)26-21(27-20)28-7-9-29-10-8-28/h1-6,11-13H,7-10H2,(H,23,24)(H,25,26,27). The molecule has 4 aromatic rings. The molecule has 1 saturated heterocycles. The molecule has 2 aromatic carbocycles. The number of rotatable bonds is 4. The molecule has 2 N–H and O–H groups in total. The first-order valence-electron chi connectivity index (χ1n) is 9.42. The van der Waals surface area contributed by atoms with Crippen molar-refractivity contribution < 1.29 is 4.74 Å². The number of H-pyrrole nitrogens is 1. The van der Waals surface area contributed by atoms with E-state index >= 15 is 0 Å². The summed E-state index contributed by atoms with van der Waals surface area (Å²) < 4.78 is 5.48. The number of morpholine rings is 1. The molecule has 8 heteroatoms. The highest BCUT2D eigenvalue weighted by Gasteiger charge is 2.17. The van der Waals surface area contributed by atoms with Gasteiger partial charge in [0.1, 0.15) is 5.82 Å². The molecular weight excluding hydrogens is 388 g/mol. The molecule has 146 valence electrons. The summed E-state index contributed by atoms with van der Waals surface area (Å²) in [6, 6.07) is 15.6. The van der Waals surface area contributed by atoms with E-state index in [0.717, 1.165) is 46.9 Å². The minimum absolute atomic E-state index is 0.673. The summed E-state index contributed by atoms with van der Waals surface area (Å²) in [5.74, 6) is 1.41. The summed E-state index contributed by atoms with van der Waals surface area (Å²) >= 11 is 6.00. The maximum atomic E-state index is 6.00. The predicted octanol–water partition coefficient (Wildman–Crippen LogP) is 4.25. The Kier molecular flexibility index (Phi) is 4.75. The highest BCUT2D eigenvalue weighted by atomic mass is 35.5. The van der Waals surface area contributed by atoms with Gasteiger partial charge in [-0.3, -0.25) is 0 Å². The largest absolute Gasteiger partial charge is 0.378 e. The Hall–Kier alpha value is -3.16. The monoisotopic (exact) mass is 406 g/mol. The van der Waals surface area contributed by atoms with Gasteiger partial charge < -0.3 is 19.9 Å². The van der Waals surface area contributed by atoms with Crippen LogP contribution in [0.3, 0.4) is 0 Å². The SMILES string of the molecule is Clc1ccc(Nc2cc(-c3ccc4[nH]cnc4c3)nc(N3CCOCC3)n2)cc1. The Bertz CT molecular complexity index is 1140. The smallest absolute Gasteiger partial charge is 0.228 e. The van der Waals surface area contributed by atoms with E-state index < -0.39 is 0 Å². The number of fused-ring (bicyclic) bond motifs is 1. The van der Waals surface area contributed by atoms with Crippen molar-refractivity contribution in [2.75, 3.05) is 36.5 Å². The van der Waals surface area contributed by atoms with Crippen LogP contribution in [0, 0.1) is 0 Å². The van der Waals surface area contributed by atoms with Gasteiger partial charge in [-0.1, -0.05) is 17.7 Å². The Balaban J connectivity index is 1.55. The molecule has 0 bridgehead atoms. The Labute approximate surface area is 172 Å². The van der Waals surface area contributed by atoms with E-state index in [-0.39, 0.29) is 0 Å². The molecule has 0 saturated carbocycles. The average Bonchev–Trinajstić information content (AvgIpc) is 3.24. The minimum atomic E-state index is 0.673. The lowest BCUT2D eigenvalue weighted by atomic mass is 10.1. The first kappa shape index (κ1) is 17.9. The molecule has 0 atom stereocenters. The zero-order valence-corrected chi connectivity index (χ0v) is 16.4. The van der Waals surface area contributed by atoms with Crippen molar-refractivity contribution in [2.45, 2.75) is 0 Å². The number of benzene rings is 2. The molecule has 1 aliphatic heterocycles. The van der Waals surface area contributed by atoms with Crippen molar-refractivity contribution in [3.8, 4) is 11.3 Å². The topological polar surface area (TPSA) is 79.0 Å². The highest BCUT2D eigenvalue weighted by molar-refractivity contribution is 6.30. The molecule has 7 nitrogen and oxygen atoms in total. The summed E-state index contributed by atoms with van der Waals surface area (Å²) in [7, 11) is 0. The first-order chi connectivity index (χ1) is 14.2. The van der Waals surface area contributed by atoms with Crippen LogP contribution in [0.4, 0.5) is 17.5 Å². The molecule has 1 aliphatic rings. The van der Waals surface area contributed by atoms with Crippen molar-refractivity contribution in [1.82, 2.24) is 19.9 Å². The van der Waals surface area contributed by atoms with Gasteiger partial charge in [0.05, 0.1) is 36.3 Å². The fourth-order valence-corrected chi connectivity index (χ4v) is 3.45. The minimum Gasteiger partial charge on any atom is -0.378 e. The summed E-state index contributed by atoms with van der Waals surface area (Å²) in [6.45, 7) is 2.88. The molecule has 29 heavy (non-hydrogen) atoms. The van der Waals surface area contributed by atoms with Gasteiger partial charge in [0.25, 0.3) is 0 Å². The van der Waals surface area contributed by atoms with Gasteiger partial charge in [-0.05, 0) is 36.4 Å². The average molecular weight is 407 g/mol. The molecule has 0 radical (unpaired) electrons. The Morgan fingerprint density at radius 3 is 2.66 bits per heavy atom. The van der Waals surface area contributed by atoms with Gasteiger partial charge in [-0.25, -0.2) is 9.97 Å². The summed E-state index contributed by atoms with van der Waals surface area (Å²) in [5, 5.41) is 4.06. The van der Waals surface area contributed by atoms with Crippen molar-refractivity contribution in [3.63, 3.8) is 0 Å². The van der Waals surface area contributed by atoms with E-state index in [0.29, 0.717) is 24.2 Å². The molecule has 5 rings (SSSR count). The van der Waals surface area contributed by atoms with E-state index in [1.165, 1.54) is 0 Å². The van der Waals surface area contributed by atoms with Gasteiger partial charge in [0, 0.05) is 35.4 Å². The van der Waals surface area contributed by atoms with Crippen molar-refractivity contribution >= 4 is 40.1 Å². The zero-order valence-electron chi connectivity index (χ0n) is 15.6. The number of nitrogens with zero attached hydrogens (tertiary/aromatic N) is 4. The van der Waals surface area contributed by atoms with Crippen molar-refractivity contribution in [2.24, 2.45) is 0 Å². The number of ether oxygens (including phenoxy) is 1. The van der Waals surface area contributed by atoms with Gasteiger partial charge >= 0.3 is 0 Å². The summed E-state index contributed by atoms with van der Waals surface area (Å²) in [6.07, 6.45) is 1.70. The van der Waals surface area contributed by atoms with Gasteiger partial charge in [-0.15, -0.1) is 0 Å². The molecule has 0 spiro atoms. The van der Waals surface area contributed by atoms with E-state index in [1.54, 1.807) is 6.33 Å². The van der Waals surface area contributed by atoms with Gasteiger partial charge in [-0.2, -0.15) is 4.98 Å². The molecule has 1 fully saturated rings. The number of nitrogens with one attached hydrogen (secondary N) is 2. The van der Waals surface area contributed by atoms with Crippen LogP contribution in [0.5, 0.6) is 0 Å². The molecule has 2 aromatic heterocycles. The number of imidazole rings is 1. The lowest BCUT2D eigenvalue weighted by Gasteiger charge is -2.27. The molecule has 3 heterocycles. The quantitative estimate of drug-likeness (QED) is 0.527. The second-order valence-corrected chi connectivity index (χ2v) is 7.24. The number of halogens is 1. The van der Waals surface area contributed by atoms with E-state index in [9.17, 15) is 0 Å². The summed E-state index contributed by atoms with van der Waals surface area (Å²) in [4.78, 5) is 19.2. The van der Waals surface area contributed by atoms with Crippen LogP contribution in [0.25, 0.3) is 22.3 Å². The number of hydrogen-bond donors (Lipinski definition) is 2. The van der Waals surface area contributed by atoms with Gasteiger partial charge in [0.15, 0.2) is 0 Å². The zero-order chi connectivity index (χ0) is 19.6. The Morgan fingerprint density at radius 1 is 1.00 bits per heavy atom. The maximum Gasteiger partial charge on any atom is 0.228 e. The fraction of sp³-hybridized carbons (Fsp3) is 0.190. The molecular formula is C21H19ClN6O. The van der Waals surface area contributed by atoms with Crippen LogP contribution in [-0.2, 0) is 4.74 Å². The van der Waals surface area contributed by atoms with E-state index in [1.807, 2.05) is 48.5 Å². The normalized spacial score (nSPS) is 14.3. The number of aromatic nitrogens is 4. The van der Waals surface area contributed by atoms with Crippen LogP contribution >= 0.6 is 11.6 Å². The van der Waals surface area contributed by atoms with Crippen LogP contribution in [0.2, 0.25) is 5.02 Å². The molecule has 0 amide bonds. The van der Waals surface area contributed by atoms with E-state index in [2.05, 4.69) is 20.2 Å². The number of hydrogen-bond acceptors (Lipinski definition) is 6. The molecule has 0 unspecified atom stereocenters. The third-order valence-corrected chi connectivity index (χ3v) is 5.09. The lowest BCUT2D eigenvalue weighted by molar-refractivity contribution is 0.122. The Morgan fingerprint density at radius 2 is 1.83 bits per heavy atom. The van der Waals surface area contributed by atoms with E-state index in [4.69, 9.17) is 26.3 Å². The van der Waals surface area contributed by atoms with Crippen molar-refractivity contribution in [1.29, 1.82) is 0 Å². The maximum absolute atomic E-state index is 6.00. The van der Waals surface area contributed by atoms with Crippen LogP contribution < -0.4 is 10.2 Å².